The van der Waals surface area contributed by atoms with E-state index in [2.05, 4.69) is 26.2 Å². The van der Waals surface area contributed by atoms with E-state index in [0.717, 1.165) is 27.8 Å². The Morgan fingerprint density at radius 2 is 2.04 bits per heavy atom. The first kappa shape index (κ1) is 16.8. The van der Waals surface area contributed by atoms with Crippen LogP contribution >= 0.6 is 15.9 Å². The molecule has 0 aliphatic carbocycles. The lowest BCUT2D eigenvalue weighted by Crippen LogP contribution is -2.37. The van der Waals surface area contributed by atoms with Crippen molar-refractivity contribution >= 4 is 21.9 Å². The Bertz CT molecular complexity index is 736. The van der Waals surface area contributed by atoms with Crippen LogP contribution in [0.3, 0.4) is 0 Å². The minimum Gasteiger partial charge on any atom is -0.493 e. The zero-order chi connectivity index (χ0) is 16.9. The lowest BCUT2D eigenvalue weighted by Gasteiger charge is -2.27. The van der Waals surface area contributed by atoms with Crippen LogP contribution in [0.4, 0.5) is 0 Å². The van der Waals surface area contributed by atoms with Gasteiger partial charge in [-0.2, -0.15) is 0 Å². The van der Waals surface area contributed by atoms with Gasteiger partial charge in [0.05, 0.1) is 25.3 Å². The molecule has 1 aliphatic heterocycles. The Morgan fingerprint density at radius 1 is 1.29 bits per heavy atom. The van der Waals surface area contributed by atoms with Gasteiger partial charge in [-0.05, 0) is 17.7 Å². The summed E-state index contributed by atoms with van der Waals surface area (Å²) in [5, 5.41) is 13.5. The summed E-state index contributed by atoms with van der Waals surface area (Å²) in [6.07, 6.45) is 0.114. The number of rotatable bonds is 4. The van der Waals surface area contributed by atoms with E-state index in [1.165, 1.54) is 0 Å². The van der Waals surface area contributed by atoms with Gasteiger partial charge >= 0.3 is 0 Å². The van der Waals surface area contributed by atoms with Gasteiger partial charge in [0.25, 0.3) is 0 Å². The molecule has 0 saturated carbocycles. The second kappa shape index (κ2) is 7.68. The van der Waals surface area contributed by atoms with Crippen LogP contribution in [-0.2, 0) is 0 Å². The minimum atomic E-state index is -0.706. The summed E-state index contributed by atoms with van der Waals surface area (Å²) in [4.78, 5) is 4.28. The van der Waals surface area contributed by atoms with Gasteiger partial charge in [-0.25, -0.2) is 0 Å². The van der Waals surface area contributed by atoms with Crippen molar-refractivity contribution in [1.29, 1.82) is 0 Å². The minimum absolute atomic E-state index is 0.0688. The molecule has 0 aromatic heterocycles. The zero-order valence-electron chi connectivity index (χ0n) is 13.2. The number of para-hydroxylation sites is 1. The number of nitrogens with one attached hydrogen (secondary N) is 1. The summed E-state index contributed by atoms with van der Waals surface area (Å²) in [6.45, 7) is 0.841. The highest BCUT2D eigenvalue weighted by Crippen LogP contribution is 2.31. The molecule has 4 N–H and O–H groups in total. The maximum atomic E-state index is 10.3. The van der Waals surface area contributed by atoms with E-state index in [-0.39, 0.29) is 12.6 Å². The lowest BCUT2D eigenvalue weighted by molar-refractivity contribution is 0.186. The summed E-state index contributed by atoms with van der Waals surface area (Å²) in [5.41, 5.74) is 7.88. The molecule has 2 atom stereocenters. The molecule has 5 nitrogen and oxygen atoms in total. The molecule has 0 saturated heterocycles. The summed E-state index contributed by atoms with van der Waals surface area (Å²) < 4.78 is 6.50. The largest absolute Gasteiger partial charge is 0.493 e. The summed E-state index contributed by atoms with van der Waals surface area (Å²) >= 11 is 3.43. The Balaban J connectivity index is 1.64. The van der Waals surface area contributed by atoms with E-state index in [4.69, 9.17) is 10.5 Å². The number of benzene rings is 2. The molecule has 3 rings (SSSR count). The van der Waals surface area contributed by atoms with E-state index in [1.54, 1.807) is 0 Å². The number of hydrogen-bond acceptors (Lipinski definition) is 3. The van der Waals surface area contributed by atoms with Crippen molar-refractivity contribution in [3.05, 3.63) is 64.1 Å². The van der Waals surface area contributed by atoms with Gasteiger partial charge in [-0.15, -0.1) is 0 Å². The number of ether oxygens (including phenoxy) is 1. The predicted octanol–water partition coefficient (Wildman–Crippen LogP) is 2.91. The molecule has 126 valence electrons. The highest BCUT2D eigenvalue weighted by molar-refractivity contribution is 9.10. The molecule has 1 heterocycles. The molecule has 0 bridgehead atoms. The third-order valence-corrected chi connectivity index (χ3v) is 4.70. The number of hydrogen-bond donors (Lipinski definition) is 3. The van der Waals surface area contributed by atoms with Crippen molar-refractivity contribution in [2.45, 2.75) is 18.6 Å². The molecule has 6 heteroatoms. The number of aliphatic hydroxyl groups excluding tert-OH is 1. The van der Waals surface area contributed by atoms with Crippen molar-refractivity contribution < 1.29 is 9.84 Å². The highest BCUT2D eigenvalue weighted by Gasteiger charge is 2.21. The van der Waals surface area contributed by atoms with Crippen LogP contribution in [0.5, 0.6) is 5.75 Å². The van der Waals surface area contributed by atoms with Crippen LogP contribution in [0, 0.1) is 0 Å². The van der Waals surface area contributed by atoms with Crippen LogP contribution in [-0.4, -0.2) is 24.2 Å². The summed E-state index contributed by atoms with van der Waals surface area (Å²) in [6, 6.07) is 15.5. The SMILES string of the molecule is NC(=NCC(O)c1ccccc1Br)NC1CCOc2ccccc21. The quantitative estimate of drug-likeness (QED) is 0.554. The molecule has 2 aromatic carbocycles. The number of guanidine groups is 1. The van der Waals surface area contributed by atoms with E-state index in [1.807, 2.05) is 48.5 Å². The maximum absolute atomic E-state index is 10.3. The third kappa shape index (κ3) is 3.88. The smallest absolute Gasteiger partial charge is 0.189 e. The molecule has 2 unspecified atom stereocenters. The molecule has 24 heavy (non-hydrogen) atoms. The number of aliphatic imine (C=N–C) groups is 1. The molecule has 0 amide bonds. The van der Waals surface area contributed by atoms with Crippen LogP contribution in [0.2, 0.25) is 0 Å². The number of nitrogens with two attached hydrogens (primary N) is 1. The standard InChI is InChI=1S/C18H20BrN3O2/c19-14-7-3-1-5-12(14)16(23)11-21-18(20)22-15-9-10-24-17-8-4-2-6-13(15)17/h1-8,15-16,23H,9-11H2,(H3,20,21,22). The van der Waals surface area contributed by atoms with Gasteiger partial charge in [-0.3, -0.25) is 4.99 Å². The molecular weight excluding hydrogens is 370 g/mol. The van der Waals surface area contributed by atoms with Crippen LogP contribution < -0.4 is 15.8 Å². The fourth-order valence-corrected chi connectivity index (χ4v) is 3.29. The number of nitrogens with zero attached hydrogens (tertiary/aromatic N) is 1. The van der Waals surface area contributed by atoms with Crippen molar-refractivity contribution in [2.75, 3.05) is 13.2 Å². The fraction of sp³-hybridized carbons (Fsp3) is 0.278. The van der Waals surface area contributed by atoms with E-state index < -0.39 is 6.10 Å². The fourth-order valence-electron chi connectivity index (χ4n) is 2.74. The average Bonchev–Trinajstić information content (AvgIpc) is 2.60. The highest BCUT2D eigenvalue weighted by atomic mass is 79.9. The van der Waals surface area contributed by atoms with Crippen molar-refractivity contribution in [3.63, 3.8) is 0 Å². The molecule has 0 spiro atoms. The Kier molecular flexibility index (Phi) is 5.37. The van der Waals surface area contributed by atoms with Crippen molar-refractivity contribution in [2.24, 2.45) is 10.7 Å². The molecule has 0 radical (unpaired) electrons. The predicted molar refractivity (Wildman–Crippen MR) is 98.0 cm³/mol. The van der Waals surface area contributed by atoms with Gasteiger partial charge in [-0.1, -0.05) is 52.3 Å². The third-order valence-electron chi connectivity index (χ3n) is 3.98. The topological polar surface area (TPSA) is 79.9 Å². The Hall–Kier alpha value is -2.05. The van der Waals surface area contributed by atoms with Crippen LogP contribution in [0.25, 0.3) is 0 Å². The lowest BCUT2D eigenvalue weighted by atomic mass is 10.0. The number of halogens is 1. The molecule has 0 fully saturated rings. The first-order chi connectivity index (χ1) is 11.6. The first-order valence-corrected chi connectivity index (χ1v) is 8.65. The Labute approximate surface area is 149 Å². The summed E-state index contributed by atoms with van der Waals surface area (Å²) in [7, 11) is 0. The molecule has 2 aromatic rings. The van der Waals surface area contributed by atoms with Crippen LogP contribution in [0.1, 0.15) is 29.7 Å². The Morgan fingerprint density at radius 3 is 2.88 bits per heavy atom. The van der Waals surface area contributed by atoms with Gasteiger partial charge in [0, 0.05) is 16.5 Å². The van der Waals surface area contributed by atoms with Gasteiger partial charge < -0.3 is 20.9 Å². The summed E-state index contributed by atoms with van der Waals surface area (Å²) in [5.74, 6) is 1.20. The number of fused-ring (bicyclic) bond motifs is 1. The molecular formula is C18H20BrN3O2. The second-order valence-corrected chi connectivity index (χ2v) is 6.49. The van der Waals surface area contributed by atoms with E-state index >= 15 is 0 Å². The molecule has 1 aliphatic rings. The van der Waals surface area contributed by atoms with E-state index in [0.29, 0.717) is 12.6 Å². The monoisotopic (exact) mass is 389 g/mol. The van der Waals surface area contributed by atoms with Crippen LogP contribution in [0.15, 0.2) is 58.0 Å². The zero-order valence-corrected chi connectivity index (χ0v) is 14.7. The van der Waals surface area contributed by atoms with Gasteiger partial charge in [0.2, 0.25) is 0 Å². The van der Waals surface area contributed by atoms with Gasteiger partial charge in [0.1, 0.15) is 5.75 Å². The van der Waals surface area contributed by atoms with Crippen molar-refractivity contribution in [1.82, 2.24) is 5.32 Å². The van der Waals surface area contributed by atoms with Crippen molar-refractivity contribution in [3.8, 4) is 5.75 Å². The normalized spacial score (nSPS) is 18.4. The first-order valence-electron chi connectivity index (χ1n) is 7.86. The van der Waals surface area contributed by atoms with E-state index in [9.17, 15) is 5.11 Å². The van der Waals surface area contributed by atoms with Gasteiger partial charge in [0.15, 0.2) is 5.96 Å². The maximum Gasteiger partial charge on any atom is 0.189 e. The average molecular weight is 390 g/mol. The second-order valence-electron chi connectivity index (χ2n) is 5.64. The number of aliphatic hydroxyl groups is 1.